The number of nitrogens with zero attached hydrogens (tertiary/aromatic N) is 2. The van der Waals surface area contributed by atoms with Gasteiger partial charge in [-0.05, 0) is 96.9 Å². The maximum absolute atomic E-state index is 12.5. The molecular formula is C35H46FN3. The van der Waals surface area contributed by atoms with Crippen molar-refractivity contribution in [2.24, 2.45) is 23.5 Å². The number of pyridine rings is 1. The standard InChI is InChI=1S/C26H35N3.C9H11F/c1-7-9-22(14-17(2)15-27)19(4)20(5)24-12-13-25(29-21(24)6)26-18(3)10-8-11-23(26)16-28;1-2-4-8-5-3-6-9(10)7-8/h8,11-13,18-19,22H,2,5,7,9-10,14-15,27H2,1,3-4,6H3;3,5-7H,2,4H2,1H3. The Labute approximate surface area is 236 Å². The van der Waals surface area contributed by atoms with Crippen LogP contribution in [0.3, 0.4) is 0 Å². The van der Waals surface area contributed by atoms with Crippen LogP contribution in [0.2, 0.25) is 0 Å². The molecule has 4 heteroatoms. The number of hydrogen-bond donors (Lipinski definition) is 1. The number of aryl methyl sites for hydroxylation is 2. The van der Waals surface area contributed by atoms with E-state index in [4.69, 9.17) is 10.7 Å². The summed E-state index contributed by atoms with van der Waals surface area (Å²) in [4.78, 5) is 4.89. The van der Waals surface area contributed by atoms with Crippen molar-refractivity contribution >= 4 is 11.1 Å². The quantitative estimate of drug-likeness (QED) is 0.297. The van der Waals surface area contributed by atoms with Crippen LogP contribution in [-0.2, 0) is 6.42 Å². The Morgan fingerprint density at radius 3 is 2.54 bits per heavy atom. The molecule has 0 saturated carbocycles. The molecule has 2 aromatic rings. The van der Waals surface area contributed by atoms with Crippen molar-refractivity contribution in [3.63, 3.8) is 0 Å². The van der Waals surface area contributed by atoms with Crippen LogP contribution in [0.25, 0.3) is 11.1 Å². The monoisotopic (exact) mass is 527 g/mol. The Kier molecular flexibility index (Phi) is 13.1. The third kappa shape index (κ3) is 9.15. The summed E-state index contributed by atoms with van der Waals surface area (Å²) in [6, 6.07) is 13.3. The molecule has 0 radical (unpaired) electrons. The van der Waals surface area contributed by atoms with Crippen molar-refractivity contribution in [3.05, 3.63) is 101 Å². The minimum atomic E-state index is -0.133. The largest absolute Gasteiger partial charge is 0.327 e. The second-order valence-electron chi connectivity index (χ2n) is 10.7. The number of rotatable bonds is 11. The second kappa shape index (κ2) is 16.0. The Morgan fingerprint density at radius 1 is 1.21 bits per heavy atom. The lowest BCUT2D eigenvalue weighted by molar-refractivity contribution is 0.392. The Bertz CT molecular complexity index is 1230. The van der Waals surface area contributed by atoms with Gasteiger partial charge in [0, 0.05) is 12.2 Å². The van der Waals surface area contributed by atoms with Crippen molar-refractivity contribution < 1.29 is 4.39 Å². The lowest BCUT2D eigenvalue weighted by Gasteiger charge is -2.27. The van der Waals surface area contributed by atoms with E-state index in [1.165, 1.54) is 6.07 Å². The van der Waals surface area contributed by atoms with Crippen molar-refractivity contribution in [1.29, 1.82) is 5.26 Å². The number of aromatic nitrogens is 1. The molecule has 1 aliphatic carbocycles. The van der Waals surface area contributed by atoms with Crippen LogP contribution < -0.4 is 5.73 Å². The number of nitriles is 1. The molecular weight excluding hydrogens is 481 g/mol. The van der Waals surface area contributed by atoms with Gasteiger partial charge >= 0.3 is 0 Å². The van der Waals surface area contributed by atoms with Gasteiger partial charge in [-0.25, -0.2) is 4.39 Å². The maximum Gasteiger partial charge on any atom is 0.123 e. The minimum Gasteiger partial charge on any atom is -0.327 e. The van der Waals surface area contributed by atoms with E-state index in [-0.39, 0.29) is 5.82 Å². The molecule has 3 atom stereocenters. The van der Waals surface area contributed by atoms with Crippen molar-refractivity contribution in [1.82, 2.24) is 4.98 Å². The zero-order valence-electron chi connectivity index (χ0n) is 24.6. The van der Waals surface area contributed by atoms with Crippen LogP contribution in [0.1, 0.15) is 82.3 Å². The third-order valence-electron chi connectivity index (χ3n) is 7.57. The van der Waals surface area contributed by atoms with Crippen LogP contribution in [0.5, 0.6) is 0 Å². The summed E-state index contributed by atoms with van der Waals surface area (Å²) in [6.45, 7) is 19.8. The molecule has 3 unspecified atom stereocenters. The minimum absolute atomic E-state index is 0.133. The first-order valence-electron chi connectivity index (χ1n) is 14.3. The van der Waals surface area contributed by atoms with Gasteiger partial charge in [-0.2, -0.15) is 5.26 Å². The average Bonchev–Trinajstić information content (AvgIpc) is 2.92. The predicted molar refractivity (Wildman–Crippen MR) is 164 cm³/mol. The van der Waals surface area contributed by atoms with E-state index in [9.17, 15) is 9.65 Å². The SMILES string of the molecule is C=C(CN)CC(CCC)C(C)C(=C)c1ccc(C2=C(C#N)C=CCC2C)nc1C.CCCc1cccc(F)c1. The van der Waals surface area contributed by atoms with Crippen molar-refractivity contribution in [3.8, 4) is 6.07 Å². The summed E-state index contributed by atoms with van der Waals surface area (Å²) in [5.74, 6) is 0.978. The van der Waals surface area contributed by atoms with E-state index in [1.807, 2.05) is 19.1 Å². The number of halogens is 1. The highest BCUT2D eigenvalue weighted by Gasteiger charge is 2.24. The molecule has 0 spiro atoms. The molecule has 1 aliphatic rings. The first-order chi connectivity index (χ1) is 18.7. The van der Waals surface area contributed by atoms with E-state index < -0.39 is 0 Å². The fourth-order valence-corrected chi connectivity index (χ4v) is 5.27. The smallest absolute Gasteiger partial charge is 0.123 e. The van der Waals surface area contributed by atoms with Crippen LogP contribution in [0.4, 0.5) is 4.39 Å². The predicted octanol–water partition coefficient (Wildman–Crippen LogP) is 9.01. The zero-order chi connectivity index (χ0) is 28.9. The molecule has 3 nitrogen and oxygen atoms in total. The van der Waals surface area contributed by atoms with Crippen LogP contribution in [-0.4, -0.2) is 11.5 Å². The van der Waals surface area contributed by atoms with Gasteiger partial charge in [0.15, 0.2) is 0 Å². The molecule has 39 heavy (non-hydrogen) atoms. The van der Waals surface area contributed by atoms with Gasteiger partial charge in [-0.3, -0.25) is 4.98 Å². The summed E-state index contributed by atoms with van der Waals surface area (Å²) < 4.78 is 12.5. The van der Waals surface area contributed by atoms with Crippen molar-refractivity contribution in [2.45, 2.75) is 73.1 Å². The van der Waals surface area contributed by atoms with Gasteiger partial charge in [-0.1, -0.05) is 83.5 Å². The van der Waals surface area contributed by atoms with Gasteiger partial charge < -0.3 is 5.73 Å². The highest BCUT2D eigenvalue weighted by atomic mass is 19.1. The normalized spacial score (nSPS) is 16.1. The maximum atomic E-state index is 12.5. The molecule has 208 valence electrons. The Balaban J connectivity index is 0.000000446. The lowest BCUT2D eigenvalue weighted by Crippen LogP contribution is -2.17. The van der Waals surface area contributed by atoms with Gasteiger partial charge in [0.2, 0.25) is 0 Å². The molecule has 0 fully saturated rings. The fraction of sp³-hybridized carbons (Fsp3) is 0.429. The highest BCUT2D eigenvalue weighted by molar-refractivity contribution is 5.76. The van der Waals surface area contributed by atoms with Crippen LogP contribution >= 0.6 is 0 Å². The van der Waals surface area contributed by atoms with E-state index in [0.717, 1.165) is 83.3 Å². The molecule has 3 rings (SSSR count). The van der Waals surface area contributed by atoms with Crippen LogP contribution in [0, 0.1) is 41.8 Å². The summed E-state index contributed by atoms with van der Waals surface area (Å²) >= 11 is 0. The van der Waals surface area contributed by atoms with Gasteiger partial charge in [0.1, 0.15) is 5.82 Å². The number of hydrogen-bond acceptors (Lipinski definition) is 3. The first-order valence-corrected chi connectivity index (χ1v) is 14.3. The highest BCUT2D eigenvalue weighted by Crippen LogP contribution is 2.37. The van der Waals surface area contributed by atoms with E-state index in [0.29, 0.717) is 24.3 Å². The Hall–Kier alpha value is -3.29. The zero-order valence-corrected chi connectivity index (χ0v) is 24.6. The average molecular weight is 528 g/mol. The molecule has 2 N–H and O–H groups in total. The van der Waals surface area contributed by atoms with Gasteiger partial charge in [0.05, 0.1) is 17.3 Å². The molecule has 1 aromatic heterocycles. The second-order valence-corrected chi connectivity index (χ2v) is 10.7. The lowest BCUT2D eigenvalue weighted by atomic mass is 9.78. The van der Waals surface area contributed by atoms with Crippen LogP contribution in [0.15, 0.2) is 72.9 Å². The van der Waals surface area contributed by atoms with E-state index in [1.54, 1.807) is 12.1 Å². The number of benzene rings is 1. The van der Waals surface area contributed by atoms with Gasteiger partial charge in [0.25, 0.3) is 0 Å². The summed E-state index contributed by atoms with van der Waals surface area (Å²) in [5.41, 5.74) is 13.8. The third-order valence-corrected chi connectivity index (χ3v) is 7.57. The molecule has 0 bridgehead atoms. The first kappa shape index (κ1) is 31.9. The molecule has 0 aliphatic heterocycles. The summed E-state index contributed by atoms with van der Waals surface area (Å²) in [6.07, 6.45) is 10.2. The van der Waals surface area contributed by atoms with Crippen molar-refractivity contribution in [2.75, 3.05) is 6.54 Å². The number of nitrogens with two attached hydrogens (primary N) is 1. The molecule has 1 heterocycles. The Morgan fingerprint density at radius 2 is 1.95 bits per heavy atom. The van der Waals surface area contributed by atoms with E-state index >= 15 is 0 Å². The van der Waals surface area contributed by atoms with Gasteiger partial charge in [-0.15, -0.1) is 0 Å². The topological polar surface area (TPSA) is 62.7 Å². The molecule has 0 saturated heterocycles. The molecule has 0 amide bonds. The number of allylic oxidation sites excluding steroid dienone is 5. The summed E-state index contributed by atoms with van der Waals surface area (Å²) in [7, 11) is 0. The fourth-order valence-electron chi connectivity index (χ4n) is 5.27. The van der Waals surface area contributed by atoms with E-state index in [2.05, 4.69) is 65.1 Å². The summed E-state index contributed by atoms with van der Waals surface area (Å²) in [5, 5.41) is 9.51. The molecule has 1 aromatic carbocycles.